The zero-order valence-corrected chi connectivity index (χ0v) is 13.8. The van der Waals surface area contributed by atoms with E-state index in [1.165, 1.54) is 0 Å². The van der Waals surface area contributed by atoms with Crippen LogP contribution in [0.4, 0.5) is 0 Å². The minimum absolute atomic E-state index is 0.183. The van der Waals surface area contributed by atoms with E-state index in [-0.39, 0.29) is 5.91 Å². The second kappa shape index (κ2) is 8.90. The summed E-state index contributed by atoms with van der Waals surface area (Å²) in [5.74, 6) is 0.183. The molecule has 124 valence electrons. The van der Waals surface area contributed by atoms with Gasteiger partial charge >= 0.3 is 0 Å². The van der Waals surface area contributed by atoms with E-state index < -0.39 is 0 Å². The van der Waals surface area contributed by atoms with E-state index >= 15 is 0 Å². The molecule has 1 aliphatic rings. The molecular weight excluding hydrogens is 280 g/mol. The molecular formula is C16H28N4O2. The first kappa shape index (κ1) is 17.0. The van der Waals surface area contributed by atoms with Crippen LogP contribution in [0.25, 0.3) is 0 Å². The molecule has 2 heterocycles. The summed E-state index contributed by atoms with van der Waals surface area (Å²) in [4.78, 5) is 20.5. The van der Waals surface area contributed by atoms with Gasteiger partial charge in [0.15, 0.2) is 0 Å². The van der Waals surface area contributed by atoms with Crippen molar-refractivity contribution in [2.24, 2.45) is 0 Å². The van der Waals surface area contributed by atoms with E-state index in [0.29, 0.717) is 12.6 Å². The third-order valence-electron chi connectivity index (χ3n) is 3.92. The predicted molar refractivity (Wildman–Crippen MR) is 85.6 cm³/mol. The van der Waals surface area contributed by atoms with Crippen LogP contribution in [0.1, 0.15) is 26.7 Å². The van der Waals surface area contributed by atoms with Gasteiger partial charge in [-0.25, -0.2) is 4.98 Å². The van der Waals surface area contributed by atoms with E-state index in [4.69, 9.17) is 4.74 Å². The van der Waals surface area contributed by atoms with E-state index in [2.05, 4.69) is 23.7 Å². The summed E-state index contributed by atoms with van der Waals surface area (Å²) in [5, 5.41) is 0. The van der Waals surface area contributed by atoms with Crippen molar-refractivity contribution in [1.82, 2.24) is 19.4 Å². The lowest BCUT2D eigenvalue weighted by Gasteiger charge is -2.34. The van der Waals surface area contributed by atoms with Crippen molar-refractivity contribution >= 4 is 5.91 Å². The minimum Gasteiger partial charge on any atom is -0.379 e. The second-order valence-electron chi connectivity index (χ2n) is 6.08. The fourth-order valence-electron chi connectivity index (χ4n) is 2.61. The Morgan fingerprint density at radius 3 is 2.64 bits per heavy atom. The molecule has 1 aromatic heterocycles. The van der Waals surface area contributed by atoms with Gasteiger partial charge in [-0.05, 0) is 33.2 Å². The first-order chi connectivity index (χ1) is 10.6. The Bertz CT molecular complexity index is 425. The number of imidazole rings is 1. The van der Waals surface area contributed by atoms with Crippen molar-refractivity contribution < 1.29 is 9.53 Å². The van der Waals surface area contributed by atoms with Gasteiger partial charge in [-0.2, -0.15) is 0 Å². The second-order valence-corrected chi connectivity index (χ2v) is 6.08. The summed E-state index contributed by atoms with van der Waals surface area (Å²) in [6, 6.07) is 0. The molecule has 0 spiro atoms. The average Bonchev–Trinajstić information content (AvgIpc) is 3.00. The number of ether oxygens (including phenoxy) is 1. The molecule has 22 heavy (non-hydrogen) atoms. The van der Waals surface area contributed by atoms with Gasteiger partial charge in [-0.1, -0.05) is 0 Å². The summed E-state index contributed by atoms with van der Waals surface area (Å²) in [6.07, 6.45) is 7.81. The van der Waals surface area contributed by atoms with Gasteiger partial charge in [0.2, 0.25) is 5.91 Å². The van der Waals surface area contributed by atoms with Crippen molar-refractivity contribution in [3.8, 4) is 0 Å². The predicted octanol–water partition coefficient (Wildman–Crippen LogP) is 1.23. The van der Waals surface area contributed by atoms with Gasteiger partial charge in [-0.3, -0.25) is 9.69 Å². The Morgan fingerprint density at radius 1 is 1.23 bits per heavy atom. The quantitative estimate of drug-likeness (QED) is 0.678. The van der Waals surface area contributed by atoms with Crippen LogP contribution >= 0.6 is 0 Å². The summed E-state index contributed by atoms with van der Waals surface area (Å²) < 4.78 is 7.37. The summed E-state index contributed by atoms with van der Waals surface area (Å²) in [7, 11) is 0. The molecule has 0 atom stereocenters. The highest BCUT2D eigenvalue weighted by atomic mass is 16.5. The molecule has 0 N–H and O–H groups in total. The molecule has 1 aromatic rings. The molecule has 0 radical (unpaired) electrons. The van der Waals surface area contributed by atoms with Gasteiger partial charge in [0.1, 0.15) is 6.54 Å². The molecule has 1 aliphatic heterocycles. The number of rotatable bonds is 8. The lowest BCUT2D eigenvalue weighted by molar-refractivity contribution is -0.133. The number of unbranched alkanes of at least 4 members (excludes halogenated alkanes) is 1. The first-order valence-electron chi connectivity index (χ1n) is 8.22. The van der Waals surface area contributed by atoms with Crippen molar-refractivity contribution in [2.75, 3.05) is 39.3 Å². The molecule has 1 fully saturated rings. The molecule has 6 nitrogen and oxygen atoms in total. The van der Waals surface area contributed by atoms with Gasteiger partial charge < -0.3 is 14.2 Å². The van der Waals surface area contributed by atoms with E-state index in [0.717, 1.165) is 52.2 Å². The molecule has 1 amide bonds. The van der Waals surface area contributed by atoms with Crippen LogP contribution in [0.3, 0.4) is 0 Å². The zero-order valence-electron chi connectivity index (χ0n) is 13.8. The Morgan fingerprint density at radius 2 is 2.00 bits per heavy atom. The molecule has 0 unspecified atom stereocenters. The van der Waals surface area contributed by atoms with Crippen molar-refractivity contribution in [1.29, 1.82) is 0 Å². The molecule has 0 aromatic carbocycles. The van der Waals surface area contributed by atoms with E-state index in [9.17, 15) is 4.79 Å². The maximum atomic E-state index is 12.2. The van der Waals surface area contributed by atoms with Gasteiger partial charge in [0.25, 0.3) is 0 Å². The molecule has 1 saturated heterocycles. The number of hydrogen-bond acceptors (Lipinski definition) is 4. The monoisotopic (exact) mass is 308 g/mol. The molecule has 6 heteroatoms. The Kier molecular flexibility index (Phi) is 6.86. The molecule has 2 rings (SSSR count). The van der Waals surface area contributed by atoms with E-state index in [1.807, 2.05) is 15.7 Å². The van der Waals surface area contributed by atoms with Gasteiger partial charge in [0, 0.05) is 45.2 Å². The lowest BCUT2D eigenvalue weighted by Crippen LogP contribution is -2.49. The molecule has 0 aliphatic carbocycles. The third kappa shape index (κ3) is 5.77. The van der Waals surface area contributed by atoms with Crippen LogP contribution in [0.15, 0.2) is 18.7 Å². The summed E-state index contributed by atoms with van der Waals surface area (Å²) >= 11 is 0. The van der Waals surface area contributed by atoms with Crippen molar-refractivity contribution in [3.05, 3.63) is 18.7 Å². The van der Waals surface area contributed by atoms with Crippen LogP contribution in [-0.2, 0) is 16.1 Å². The standard InChI is InChI=1S/C16H28N4O2/c1-15(2)22-12-4-3-6-18-8-10-20(11-9-18)16(21)13-19-7-5-17-14-19/h5,7,14-15H,3-4,6,8-13H2,1-2H3. The highest BCUT2D eigenvalue weighted by Crippen LogP contribution is 2.05. The van der Waals surface area contributed by atoms with Crippen LogP contribution in [0.2, 0.25) is 0 Å². The first-order valence-corrected chi connectivity index (χ1v) is 8.22. The topological polar surface area (TPSA) is 50.6 Å². The van der Waals surface area contributed by atoms with E-state index in [1.54, 1.807) is 12.5 Å². The summed E-state index contributed by atoms with van der Waals surface area (Å²) in [6.45, 7) is 10.1. The third-order valence-corrected chi connectivity index (χ3v) is 3.92. The molecule has 0 saturated carbocycles. The average molecular weight is 308 g/mol. The van der Waals surface area contributed by atoms with Crippen LogP contribution in [0, 0.1) is 0 Å². The SMILES string of the molecule is CC(C)OCCCCN1CCN(C(=O)Cn2ccnc2)CC1. The highest BCUT2D eigenvalue weighted by Gasteiger charge is 2.20. The van der Waals surface area contributed by atoms with Gasteiger partial charge in [-0.15, -0.1) is 0 Å². The number of piperazine rings is 1. The normalized spacial score (nSPS) is 16.4. The minimum atomic E-state index is 0.183. The Hall–Kier alpha value is -1.40. The molecule has 0 bridgehead atoms. The Labute approximate surface area is 133 Å². The van der Waals surface area contributed by atoms with Crippen LogP contribution < -0.4 is 0 Å². The smallest absolute Gasteiger partial charge is 0.242 e. The maximum Gasteiger partial charge on any atom is 0.242 e. The maximum absolute atomic E-state index is 12.2. The van der Waals surface area contributed by atoms with Crippen LogP contribution in [0.5, 0.6) is 0 Å². The Balaban J connectivity index is 1.58. The number of hydrogen-bond donors (Lipinski definition) is 0. The van der Waals surface area contributed by atoms with Crippen molar-refractivity contribution in [2.45, 2.75) is 39.3 Å². The fourth-order valence-corrected chi connectivity index (χ4v) is 2.61. The summed E-state index contributed by atoms with van der Waals surface area (Å²) in [5.41, 5.74) is 0. The number of nitrogens with zero attached hydrogens (tertiary/aromatic N) is 4. The lowest BCUT2D eigenvalue weighted by atomic mass is 10.2. The van der Waals surface area contributed by atoms with Crippen LogP contribution in [-0.4, -0.2) is 70.7 Å². The number of carbonyl (C=O) groups excluding carboxylic acids is 1. The largest absolute Gasteiger partial charge is 0.379 e. The van der Waals surface area contributed by atoms with Gasteiger partial charge in [0.05, 0.1) is 12.4 Å². The zero-order chi connectivity index (χ0) is 15.8. The number of aromatic nitrogens is 2. The highest BCUT2D eigenvalue weighted by molar-refractivity contribution is 5.76. The van der Waals surface area contributed by atoms with Crippen molar-refractivity contribution in [3.63, 3.8) is 0 Å². The number of carbonyl (C=O) groups is 1. The number of amides is 1. The fraction of sp³-hybridized carbons (Fsp3) is 0.750.